The first-order chi connectivity index (χ1) is 11.5. The van der Waals surface area contributed by atoms with Crippen molar-refractivity contribution >= 4 is 29.5 Å². The van der Waals surface area contributed by atoms with Crippen LogP contribution in [-0.4, -0.2) is 63.5 Å². The van der Waals surface area contributed by atoms with Crippen molar-refractivity contribution in [2.45, 2.75) is 57.9 Å². The molecule has 2 aliphatic rings. The van der Waals surface area contributed by atoms with Crippen molar-refractivity contribution < 1.29 is 19.5 Å². The maximum Gasteiger partial charge on any atom is 0.303 e. The zero-order chi connectivity index (χ0) is 17.5. The van der Waals surface area contributed by atoms with Gasteiger partial charge >= 0.3 is 5.97 Å². The Morgan fingerprint density at radius 1 is 1.25 bits per heavy atom. The fraction of sp³-hybridized carbons (Fsp3) is 0.824. The number of hydrogen-bond donors (Lipinski definition) is 1. The van der Waals surface area contributed by atoms with E-state index in [9.17, 15) is 14.4 Å². The van der Waals surface area contributed by atoms with Crippen LogP contribution in [0.3, 0.4) is 0 Å². The molecule has 2 unspecified atom stereocenters. The highest BCUT2D eigenvalue weighted by molar-refractivity contribution is 7.99. The van der Waals surface area contributed by atoms with Crippen LogP contribution in [0.5, 0.6) is 0 Å². The molecular formula is C17H28N2O4S. The molecule has 0 aromatic rings. The van der Waals surface area contributed by atoms with Crippen molar-refractivity contribution in [3.05, 3.63) is 0 Å². The second kappa shape index (κ2) is 9.30. The quantitative estimate of drug-likeness (QED) is 0.756. The molecule has 6 nitrogen and oxygen atoms in total. The summed E-state index contributed by atoms with van der Waals surface area (Å²) in [5, 5.41) is 8.83. The normalized spacial score (nSPS) is 24.2. The van der Waals surface area contributed by atoms with Gasteiger partial charge < -0.3 is 14.9 Å². The predicted octanol–water partition coefficient (Wildman–Crippen LogP) is 2.18. The van der Waals surface area contributed by atoms with E-state index in [-0.39, 0.29) is 30.2 Å². The first-order valence-electron chi connectivity index (χ1n) is 8.90. The molecular weight excluding hydrogens is 328 g/mol. The molecule has 0 radical (unpaired) electrons. The number of carboxylic acids is 1. The number of hydrogen-bond acceptors (Lipinski definition) is 4. The van der Waals surface area contributed by atoms with Crippen LogP contribution in [0.4, 0.5) is 0 Å². The van der Waals surface area contributed by atoms with E-state index in [2.05, 4.69) is 6.92 Å². The summed E-state index contributed by atoms with van der Waals surface area (Å²) in [5.41, 5.74) is 0. The summed E-state index contributed by atoms with van der Waals surface area (Å²) in [6.45, 7) is 3.41. The molecule has 0 bridgehead atoms. The van der Waals surface area contributed by atoms with Crippen LogP contribution in [0.25, 0.3) is 0 Å². The van der Waals surface area contributed by atoms with Crippen LogP contribution < -0.4 is 0 Å². The zero-order valence-electron chi connectivity index (χ0n) is 14.4. The minimum Gasteiger partial charge on any atom is -0.481 e. The molecule has 1 N–H and O–H groups in total. The minimum absolute atomic E-state index is 0.0462. The molecule has 2 rings (SSSR count). The lowest BCUT2D eigenvalue weighted by Gasteiger charge is -2.36. The largest absolute Gasteiger partial charge is 0.481 e. The molecule has 2 fully saturated rings. The summed E-state index contributed by atoms with van der Waals surface area (Å²) in [6.07, 6.45) is 5.03. The molecule has 2 atom stereocenters. The average Bonchev–Trinajstić information content (AvgIpc) is 3.07. The van der Waals surface area contributed by atoms with Gasteiger partial charge in [-0.25, -0.2) is 0 Å². The highest BCUT2D eigenvalue weighted by Crippen LogP contribution is 2.27. The van der Waals surface area contributed by atoms with Gasteiger partial charge in [-0.2, -0.15) is 0 Å². The van der Waals surface area contributed by atoms with Gasteiger partial charge in [0, 0.05) is 31.7 Å². The number of aliphatic carboxylic acids is 1. The molecule has 0 saturated carbocycles. The third-order valence-electron chi connectivity index (χ3n) is 4.83. The topological polar surface area (TPSA) is 77.9 Å². The predicted molar refractivity (Wildman–Crippen MR) is 93.7 cm³/mol. The highest BCUT2D eigenvalue weighted by Gasteiger charge is 2.37. The number of nitrogens with zero attached hydrogens (tertiary/aromatic N) is 2. The number of piperidine rings is 1. The number of amides is 2. The lowest BCUT2D eigenvalue weighted by molar-refractivity contribution is -0.144. The lowest BCUT2D eigenvalue weighted by Crippen LogP contribution is -2.51. The second-order valence-corrected chi connectivity index (χ2v) is 7.71. The van der Waals surface area contributed by atoms with E-state index in [4.69, 9.17) is 5.11 Å². The summed E-state index contributed by atoms with van der Waals surface area (Å²) >= 11 is 1.64. The summed E-state index contributed by atoms with van der Waals surface area (Å²) in [5.74, 6) is 0.891. The van der Waals surface area contributed by atoms with Crippen molar-refractivity contribution in [2.75, 3.05) is 24.7 Å². The molecule has 0 aliphatic carbocycles. The monoisotopic (exact) mass is 356 g/mol. The van der Waals surface area contributed by atoms with Crippen LogP contribution >= 0.6 is 11.8 Å². The summed E-state index contributed by atoms with van der Waals surface area (Å²) < 4.78 is 0. The van der Waals surface area contributed by atoms with Crippen molar-refractivity contribution in [2.24, 2.45) is 5.92 Å². The number of thioether (sulfide) groups is 1. The number of unbranched alkanes of at least 4 members (excludes halogenated alkanes) is 1. The number of likely N-dealkylation sites (tertiary alicyclic amines) is 1. The molecule has 7 heteroatoms. The Morgan fingerprint density at radius 2 is 2.04 bits per heavy atom. The summed E-state index contributed by atoms with van der Waals surface area (Å²) in [4.78, 5) is 39.5. The number of carboxylic acid groups (broad SMARTS) is 1. The Labute approximate surface area is 147 Å². The Balaban J connectivity index is 1.91. The SMILES string of the molecule is CCCCC(=O)N1CSCC1C(=O)N1CCCC(CCC(=O)O)C1. The van der Waals surface area contributed by atoms with Crippen LogP contribution in [0, 0.1) is 5.92 Å². The summed E-state index contributed by atoms with van der Waals surface area (Å²) in [6, 6.07) is -0.336. The third kappa shape index (κ3) is 5.13. The fourth-order valence-corrected chi connectivity index (χ4v) is 4.58. The van der Waals surface area contributed by atoms with Gasteiger partial charge in [0.25, 0.3) is 0 Å². The number of carbonyl (C=O) groups excluding carboxylic acids is 2. The molecule has 0 spiro atoms. The van der Waals surface area contributed by atoms with Gasteiger partial charge in [-0.1, -0.05) is 13.3 Å². The average molecular weight is 356 g/mol. The first kappa shape index (κ1) is 19.1. The molecule has 24 heavy (non-hydrogen) atoms. The number of carbonyl (C=O) groups is 3. The highest BCUT2D eigenvalue weighted by atomic mass is 32.2. The van der Waals surface area contributed by atoms with E-state index < -0.39 is 5.97 Å². The van der Waals surface area contributed by atoms with E-state index in [1.807, 2.05) is 4.90 Å². The van der Waals surface area contributed by atoms with Gasteiger partial charge in [0.05, 0.1) is 5.88 Å². The smallest absolute Gasteiger partial charge is 0.303 e. The molecule has 0 aromatic carbocycles. The number of rotatable bonds is 7. The Bertz CT molecular complexity index is 472. The maximum atomic E-state index is 12.9. The standard InChI is InChI=1S/C17H28N2O4S/c1-2-3-6-15(20)19-12-24-11-14(19)17(23)18-9-4-5-13(10-18)7-8-16(21)22/h13-14H,2-12H2,1H3,(H,21,22). The fourth-order valence-electron chi connectivity index (χ4n) is 3.40. The van der Waals surface area contributed by atoms with E-state index in [1.54, 1.807) is 16.7 Å². The minimum atomic E-state index is -0.779. The lowest BCUT2D eigenvalue weighted by atomic mass is 9.93. The van der Waals surface area contributed by atoms with E-state index in [0.29, 0.717) is 31.0 Å². The molecule has 2 heterocycles. The van der Waals surface area contributed by atoms with E-state index >= 15 is 0 Å². The Kier molecular flexibility index (Phi) is 7.40. The van der Waals surface area contributed by atoms with Crippen LogP contribution in [0.1, 0.15) is 51.9 Å². The van der Waals surface area contributed by atoms with Crippen molar-refractivity contribution in [3.8, 4) is 0 Å². The molecule has 136 valence electrons. The van der Waals surface area contributed by atoms with Gasteiger partial charge in [0.2, 0.25) is 11.8 Å². The van der Waals surface area contributed by atoms with Gasteiger partial charge in [0.1, 0.15) is 6.04 Å². The van der Waals surface area contributed by atoms with Crippen molar-refractivity contribution in [1.29, 1.82) is 0 Å². The van der Waals surface area contributed by atoms with Gasteiger partial charge in [-0.3, -0.25) is 14.4 Å². The molecule has 2 saturated heterocycles. The van der Waals surface area contributed by atoms with Gasteiger partial charge in [-0.05, 0) is 31.6 Å². The Morgan fingerprint density at radius 3 is 2.75 bits per heavy atom. The van der Waals surface area contributed by atoms with Crippen molar-refractivity contribution in [3.63, 3.8) is 0 Å². The van der Waals surface area contributed by atoms with Gasteiger partial charge in [-0.15, -0.1) is 11.8 Å². The van der Waals surface area contributed by atoms with E-state index in [0.717, 1.165) is 32.2 Å². The van der Waals surface area contributed by atoms with Gasteiger partial charge in [0.15, 0.2) is 0 Å². The first-order valence-corrected chi connectivity index (χ1v) is 10.1. The molecule has 2 amide bonds. The van der Waals surface area contributed by atoms with Crippen molar-refractivity contribution in [1.82, 2.24) is 9.80 Å². The Hall–Kier alpha value is -1.24. The molecule has 2 aliphatic heterocycles. The summed E-state index contributed by atoms with van der Waals surface area (Å²) in [7, 11) is 0. The zero-order valence-corrected chi connectivity index (χ0v) is 15.2. The van der Waals surface area contributed by atoms with Crippen LogP contribution in [-0.2, 0) is 14.4 Å². The third-order valence-corrected chi connectivity index (χ3v) is 5.84. The second-order valence-electron chi connectivity index (χ2n) is 6.71. The maximum absolute atomic E-state index is 12.9. The van der Waals surface area contributed by atoms with Crippen LogP contribution in [0.2, 0.25) is 0 Å². The molecule has 0 aromatic heterocycles. The van der Waals surface area contributed by atoms with Crippen LogP contribution in [0.15, 0.2) is 0 Å². The van der Waals surface area contributed by atoms with E-state index in [1.165, 1.54) is 0 Å².